The van der Waals surface area contributed by atoms with Crippen molar-refractivity contribution < 1.29 is 18.7 Å². The van der Waals surface area contributed by atoms with Gasteiger partial charge in [0, 0.05) is 11.6 Å². The van der Waals surface area contributed by atoms with Crippen LogP contribution in [-0.2, 0) is 10.4 Å². The minimum atomic E-state index is -1.67. The predicted molar refractivity (Wildman–Crippen MR) is 73.7 cm³/mol. The largest absolute Gasteiger partial charge is 0.383 e. The molecule has 0 radical (unpaired) electrons. The number of rotatable bonds is 5. The van der Waals surface area contributed by atoms with Crippen molar-refractivity contribution in [2.24, 2.45) is 0 Å². The van der Waals surface area contributed by atoms with Crippen LogP contribution < -0.4 is 5.32 Å². The Morgan fingerprint density at radius 2 is 2.23 bits per heavy atom. The number of carbonyl (C=O) groups is 1. The molecule has 2 rings (SSSR count). The van der Waals surface area contributed by atoms with E-state index >= 15 is 0 Å². The maximum atomic E-state index is 13.7. The van der Waals surface area contributed by atoms with E-state index in [0.29, 0.717) is 6.07 Å². The summed E-state index contributed by atoms with van der Waals surface area (Å²) in [6, 6.07) is 2.25. The average molecular weight is 310 g/mol. The Hall–Kier alpha value is -2.35. The number of hydrogen-bond acceptors (Lipinski definition) is 4. The van der Waals surface area contributed by atoms with E-state index in [9.17, 15) is 18.7 Å². The number of aromatic nitrogens is 3. The molecule has 0 saturated carbocycles. The fourth-order valence-electron chi connectivity index (χ4n) is 1.97. The number of halogens is 2. The molecule has 1 heterocycles. The van der Waals surface area contributed by atoms with E-state index in [1.807, 2.05) is 0 Å². The van der Waals surface area contributed by atoms with Gasteiger partial charge in [0.05, 0.1) is 6.54 Å². The Labute approximate surface area is 125 Å². The van der Waals surface area contributed by atoms with Gasteiger partial charge < -0.3 is 10.4 Å². The summed E-state index contributed by atoms with van der Waals surface area (Å²) >= 11 is 0. The van der Waals surface area contributed by atoms with Gasteiger partial charge in [-0.15, -0.1) is 0 Å². The molecular weight excluding hydrogens is 294 g/mol. The van der Waals surface area contributed by atoms with Gasteiger partial charge in [0.2, 0.25) is 5.91 Å². The SMILES string of the molecule is CC(C(=O)NCC(C)(O)c1ccc(F)cc1F)n1cncn1. The summed E-state index contributed by atoms with van der Waals surface area (Å²) in [4.78, 5) is 15.7. The third-order valence-electron chi connectivity index (χ3n) is 3.33. The molecule has 0 saturated heterocycles. The molecule has 8 heteroatoms. The molecule has 0 aliphatic rings. The molecule has 0 fully saturated rings. The highest BCUT2D eigenvalue weighted by Crippen LogP contribution is 2.23. The molecule has 0 spiro atoms. The molecule has 1 aromatic carbocycles. The third kappa shape index (κ3) is 3.45. The molecular formula is C14H16F2N4O2. The van der Waals surface area contributed by atoms with E-state index in [1.54, 1.807) is 6.92 Å². The van der Waals surface area contributed by atoms with Crippen LogP contribution in [0.15, 0.2) is 30.9 Å². The van der Waals surface area contributed by atoms with Gasteiger partial charge in [0.15, 0.2) is 0 Å². The molecule has 1 amide bonds. The number of nitrogens with zero attached hydrogens (tertiary/aromatic N) is 3. The zero-order valence-electron chi connectivity index (χ0n) is 12.1. The second-order valence-electron chi connectivity index (χ2n) is 5.17. The summed E-state index contributed by atoms with van der Waals surface area (Å²) in [7, 11) is 0. The first-order valence-electron chi connectivity index (χ1n) is 6.61. The Kier molecular flexibility index (Phi) is 4.51. The molecule has 2 atom stereocenters. The topological polar surface area (TPSA) is 80.0 Å². The molecule has 1 aromatic heterocycles. The Morgan fingerprint density at radius 1 is 1.50 bits per heavy atom. The highest BCUT2D eigenvalue weighted by atomic mass is 19.1. The molecule has 2 N–H and O–H groups in total. The van der Waals surface area contributed by atoms with Gasteiger partial charge in [-0.05, 0) is 19.9 Å². The molecule has 22 heavy (non-hydrogen) atoms. The van der Waals surface area contributed by atoms with Crippen molar-refractivity contribution in [2.45, 2.75) is 25.5 Å². The predicted octanol–water partition coefficient (Wildman–Crippen LogP) is 1.14. The van der Waals surface area contributed by atoms with Crippen molar-refractivity contribution in [3.63, 3.8) is 0 Å². The van der Waals surface area contributed by atoms with Crippen molar-refractivity contribution in [1.29, 1.82) is 0 Å². The van der Waals surface area contributed by atoms with E-state index in [2.05, 4.69) is 15.4 Å². The van der Waals surface area contributed by atoms with E-state index in [1.165, 1.54) is 24.3 Å². The van der Waals surface area contributed by atoms with Crippen LogP contribution in [0.3, 0.4) is 0 Å². The lowest BCUT2D eigenvalue weighted by atomic mass is 9.95. The molecule has 2 aromatic rings. The molecule has 0 aliphatic heterocycles. The summed E-state index contributed by atoms with van der Waals surface area (Å²) in [5.74, 6) is -2.02. The lowest BCUT2D eigenvalue weighted by Crippen LogP contribution is -2.41. The molecule has 0 aliphatic carbocycles. The van der Waals surface area contributed by atoms with Gasteiger partial charge in [-0.1, -0.05) is 6.07 Å². The van der Waals surface area contributed by atoms with Crippen LogP contribution in [0.25, 0.3) is 0 Å². The normalized spacial score (nSPS) is 15.1. The fourth-order valence-corrected chi connectivity index (χ4v) is 1.97. The first kappa shape index (κ1) is 16.0. The quantitative estimate of drug-likeness (QED) is 0.868. The fraction of sp³-hybridized carbons (Fsp3) is 0.357. The lowest BCUT2D eigenvalue weighted by Gasteiger charge is -2.25. The summed E-state index contributed by atoms with van der Waals surface area (Å²) < 4.78 is 28.0. The van der Waals surface area contributed by atoms with E-state index in [0.717, 1.165) is 12.1 Å². The maximum Gasteiger partial charge on any atom is 0.244 e. The first-order chi connectivity index (χ1) is 10.3. The summed E-state index contributed by atoms with van der Waals surface area (Å²) in [6.07, 6.45) is 2.69. The van der Waals surface area contributed by atoms with Gasteiger partial charge in [-0.2, -0.15) is 5.10 Å². The van der Waals surface area contributed by atoms with Crippen LogP contribution in [0.4, 0.5) is 8.78 Å². The Morgan fingerprint density at radius 3 is 2.82 bits per heavy atom. The number of aliphatic hydroxyl groups is 1. The van der Waals surface area contributed by atoms with E-state index < -0.39 is 29.2 Å². The second-order valence-corrected chi connectivity index (χ2v) is 5.17. The molecule has 2 unspecified atom stereocenters. The summed E-state index contributed by atoms with van der Waals surface area (Å²) in [5.41, 5.74) is -1.77. The van der Waals surface area contributed by atoms with E-state index in [-0.39, 0.29) is 12.1 Å². The zero-order chi connectivity index (χ0) is 16.3. The first-order valence-corrected chi connectivity index (χ1v) is 6.61. The van der Waals surface area contributed by atoms with Crippen molar-refractivity contribution in [2.75, 3.05) is 6.54 Å². The average Bonchev–Trinajstić information content (AvgIpc) is 2.97. The smallest absolute Gasteiger partial charge is 0.244 e. The van der Waals surface area contributed by atoms with Gasteiger partial charge in [0.25, 0.3) is 0 Å². The Balaban J connectivity index is 2.04. The number of hydrogen-bond donors (Lipinski definition) is 2. The van der Waals surface area contributed by atoms with Crippen molar-refractivity contribution in [1.82, 2.24) is 20.1 Å². The van der Waals surface area contributed by atoms with Gasteiger partial charge in [-0.3, -0.25) is 4.79 Å². The summed E-state index contributed by atoms with van der Waals surface area (Å²) in [5, 5.41) is 16.7. The van der Waals surface area contributed by atoms with Crippen molar-refractivity contribution in [3.8, 4) is 0 Å². The maximum absolute atomic E-state index is 13.7. The van der Waals surface area contributed by atoms with Crippen molar-refractivity contribution in [3.05, 3.63) is 48.1 Å². The van der Waals surface area contributed by atoms with E-state index in [4.69, 9.17) is 0 Å². The standard InChI is InChI=1S/C14H16F2N4O2/c1-9(20-8-17-7-19-20)13(21)18-6-14(2,22)11-4-3-10(15)5-12(11)16/h3-5,7-9,22H,6H2,1-2H3,(H,18,21). The second kappa shape index (κ2) is 6.18. The summed E-state index contributed by atoms with van der Waals surface area (Å²) in [6.45, 7) is 2.72. The molecule has 118 valence electrons. The van der Waals surface area contributed by atoms with Crippen LogP contribution in [0, 0.1) is 11.6 Å². The Bertz CT molecular complexity index is 659. The zero-order valence-corrected chi connectivity index (χ0v) is 12.1. The van der Waals surface area contributed by atoms with Crippen LogP contribution in [-0.4, -0.2) is 32.3 Å². The minimum absolute atomic E-state index is 0.0948. The van der Waals surface area contributed by atoms with Crippen LogP contribution in [0.2, 0.25) is 0 Å². The lowest BCUT2D eigenvalue weighted by molar-refractivity contribution is -0.125. The number of nitrogens with one attached hydrogen (secondary N) is 1. The van der Waals surface area contributed by atoms with Crippen LogP contribution in [0.5, 0.6) is 0 Å². The number of benzene rings is 1. The third-order valence-corrected chi connectivity index (χ3v) is 3.33. The molecule has 6 nitrogen and oxygen atoms in total. The van der Waals surface area contributed by atoms with Gasteiger partial charge in [0.1, 0.15) is 35.9 Å². The van der Waals surface area contributed by atoms with Crippen LogP contribution >= 0.6 is 0 Å². The van der Waals surface area contributed by atoms with Gasteiger partial charge >= 0.3 is 0 Å². The highest BCUT2D eigenvalue weighted by Gasteiger charge is 2.28. The monoisotopic (exact) mass is 310 g/mol. The van der Waals surface area contributed by atoms with Gasteiger partial charge in [-0.25, -0.2) is 18.4 Å². The number of amides is 1. The number of carbonyl (C=O) groups excluding carboxylic acids is 1. The molecule has 0 bridgehead atoms. The van der Waals surface area contributed by atoms with Crippen molar-refractivity contribution >= 4 is 5.91 Å². The minimum Gasteiger partial charge on any atom is -0.383 e. The van der Waals surface area contributed by atoms with Crippen LogP contribution in [0.1, 0.15) is 25.5 Å². The highest BCUT2D eigenvalue weighted by molar-refractivity contribution is 5.79.